The Morgan fingerprint density at radius 2 is 1.69 bits per heavy atom. The van der Waals surface area contributed by atoms with E-state index in [-0.39, 0.29) is 22.3 Å². The number of nitrogens with zero attached hydrogens (tertiary/aromatic N) is 1. The van der Waals surface area contributed by atoms with Gasteiger partial charge in [-0.1, -0.05) is 61.8 Å². The highest BCUT2D eigenvalue weighted by atomic mass is 35.5. The third-order valence-corrected chi connectivity index (χ3v) is 6.89. The lowest BCUT2D eigenvalue weighted by Gasteiger charge is -2.26. The summed E-state index contributed by atoms with van der Waals surface area (Å²) in [6.07, 6.45) is 0. The van der Waals surface area contributed by atoms with Crippen molar-refractivity contribution in [3.8, 4) is 5.75 Å². The van der Waals surface area contributed by atoms with Crippen LogP contribution in [0.3, 0.4) is 0 Å². The van der Waals surface area contributed by atoms with E-state index in [1.54, 1.807) is 36.4 Å². The predicted molar refractivity (Wildman–Crippen MR) is 128 cm³/mol. The van der Waals surface area contributed by atoms with E-state index < -0.39 is 22.5 Å². The zero-order valence-electron chi connectivity index (χ0n) is 18.1. The second-order valence-corrected chi connectivity index (χ2v) is 9.73. The van der Waals surface area contributed by atoms with E-state index in [0.717, 1.165) is 9.87 Å². The Labute approximate surface area is 193 Å². The van der Waals surface area contributed by atoms with Crippen LogP contribution in [0.2, 0.25) is 5.02 Å². The summed E-state index contributed by atoms with van der Waals surface area (Å²) in [6, 6.07) is 20.0. The molecule has 0 bridgehead atoms. The lowest BCUT2D eigenvalue weighted by atomic mass is 10.0. The van der Waals surface area contributed by atoms with Crippen molar-refractivity contribution in [3.05, 3.63) is 83.4 Å². The van der Waals surface area contributed by atoms with Crippen molar-refractivity contribution in [2.45, 2.75) is 24.7 Å². The van der Waals surface area contributed by atoms with Crippen LogP contribution in [-0.2, 0) is 14.8 Å². The number of carbonyl (C=O) groups excluding carboxylic acids is 1. The molecule has 3 aromatic carbocycles. The average Bonchev–Trinajstić information content (AvgIpc) is 2.78. The first-order valence-electron chi connectivity index (χ1n) is 10.0. The fraction of sp³-hybridized carbons (Fsp3) is 0.208. The molecule has 0 heterocycles. The summed E-state index contributed by atoms with van der Waals surface area (Å²) in [6.45, 7) is 3.59. The summed E-state index contributed by atoms with van der Waals surface area (Å²) < 4.78 is 33.4. The molecule has 8 heteroatoms. The van der Waals surface area contributed by atoms with Crippen molar-refractivity contribution >= 4 is 38.9 Å². The maximum absolute atomic E-state index is 13.5. The molecule has 0 aliphatic carbocycles. The highest BCUT2D eigenvalue weighted by Gasteiger charge is 2.30. The van der Waals surface area contributed by atoms with E-state index in [1.807, 2.05) is 32.0 Å². The van der Waals surface area contributed by atoms with Crippen LogP contribution >= 0.6 is 11.6 Å². The van der Waals surface area contributed by atoms with Gasteiger partial charge < -0.3 is 10.1 Å². The van der Waals surface area contributed by atoms with Gasteiger partial charge in [0.15, 0.2) is 0 Å². The largest absolute Gasteiger partial charge is 0.495 e. The quantitative estimate of drug-likeness (QED) is 0.482. The molecule has 32 heavy (non-hydrogen) atoms. The van der Waals surface area contributed by atoms with Gasteiger partial charge in [0, 0.05) is 10.7 Å². The maximum Gasteiger partial charge on any atom is 0.264 e. The second kappa shape index (κ2) is 10.1. The molecule has 0 radical (unpaired) electrons. The van der Waals surface area contributed by atoms with Gasteiger partial charge in [-0.3, -0.25) is 9.10 Å². The van der Waals surface area contributed by atoms with E-state index in [9.17, 15) is 13.2 Å². The zero-order valence-corrected chi connectivity index (χ0v) is 19.7. The van der Waals surface area contributed by atoms with Gasteiger partial charge in [0.1, 0.15) is 12.3 Å². The Hall–Kier alpha value is -3.03. The normalized spacial score (nSPS) is 11.3. The molecular weight excluding hydrogens is 448 g/mol. The molecule has 0 aliphatic heterocycles. The minimum absolute atomic E-state index is 0.0532. The molecule has 0 aliphatic rings. The SMILES string of the molecule is COc1ccc(Cl)cc1N(CC(=O)Nc1ccccc1C(C)C)S(=O)(=O)c1ccccc1. The molecule has 6 nitrogen and oxygen atoms in total. The van der Waals surface area contributed by atoms with Gasteiger partial charge in [-0.25, -0.2) is 8.42 Å². The van der Waals surface area contributed by atoms with Crippen molar-refractivity contribution in [1.29, 1.82) is 0 Å². The number of anilines is 2. The number of benzene rings is 3. The number of carbonyl (C=O) groups is 1. The predicted octanol–water partition coefficient (Wildman–Crippen LogP) is 5.31. The number of halogens is 1. The van der Waals surface area contributed by atoms with Crippen molar-refractivity contribution in [3.63, 3.8) is 0 Å². The number of para-hydroxylation sites is 1. The number of sulfonamides is 1. The van der Waals surface area contributed by atoms with E-state index in [4.69, 9.17) is 16.3 Å². The van der Waals surface area contributed by atoms with Crippen LogP contribution in [0.15, 0.2) is 77.7 Å². The topological polar surface area (TPSA) is 75.7 Å². The highest BCUT2D eigenvalue weighted by molar-refractivity contribution is 7.92. The van der Waals surface area contributed by atoms with Crippen LogP contribution in [0.4, 0.5) is 11.4 Å². The summed E-state index contributed by atoms with van der Waals surface area (Å²) in [7, 11) is -2.65. The van der Waals surface area contributed by atoms with E-state index in [2.05, 4.69) is 5.32 Å². The molecule has 0 spiro atoms. The molecule has 0 saturated carbocycles. The van der Waals surface area contributed by atoms with Gasteiger partial charge in [0.2, 0.25) is 5.91 Å². The summed E-state index contributed by atoms with van der Waals surface area (Å²) in [5, 5.41) is 3.17. The third kappa shape index (κ3) is 5.23. The Morgan fingerprint density at radius 3 is 2.34 bits per heavy atom. The molecular formula is C24H25ClN2O4S. The van der Waals surface area contributed by atoms with Crippen LogP contribution in [-0.4, -0.2) is 28.0 Å². The first-order valence-corrected chi connectivity index (χ1v) is 11.9. The monoisotopic (exact) mass is 472 g/mol. The number of ether oxygens (including phenoxy) is 1. The van der Waals surface area contributed by atoms with Gasteiger partial charge in [-0.2, -0.15) is 0 Å². The number of hydrogen-bond donors (Lipinski definition) is 1. The molecule has 1 amide bonds. The molecule has 3 rings (SSSR count). The molecule has 0 fully saturated rings. The summed E-state index contributed by atoms with van der Waals surface area (Å²) >= 11 is 6.16. The number of methoxy groups -OCH3 is 1. The Bertz CT molecular complexity index is 1200. The second-order valence-electron chi connectivity index (χ2n) is 7.43. The van der Waals surface area contributed by atoms with Gasteiger partial charge >= 0.3 is 0 Å². The average molecular weight is 473 g/mol. The molecule has 168 valence electrons. The zero-order chi connectivity index (χ0) is 23.3. The summed E-state index contributed by atoms with van der Waals surface area (Å²) in [5.74, 6) is -0.0207. The van der Waals surface area contributed by atoms with E-state index in [1.165, 1.54) is 25.3 Å². The van der Waals surface area contributed by atoms with E-state index >= 15 is 0 Å². The molecule has 0 unspecified atom stereocenters. The maximum atomic E-state index is 13.5. The first kappa shape index (κ1) is 23.6. The first-order chi connectivity index (χ1) is 15.2. The molecule has 3 aromatic rings. The number of hydrogen-bond acceptors (Lipinski definition) is 4. The van der Waals surface area contributed by atoms with Crippen LogP contribution in [0.1, 0.15) is 25.3 Å². The van der Waals surface area contributed by atoms with Crippen molar-refractivity contribution in [2.24, 2.45) is 0 Å². The minimum Gasteiger partial charge on any atom is -0.495 e. The van der Waals surface area contributed by atoms with Crippen molar-refractivity contribution < 1.29 is 17.9 Å². The van der Waals surface area contributed by atoms with E-state index in [0.29, 0.717) is 10.7 Å². The number of nitrogens with one attached hydrogen (secondary N) is 1. The molecule has 0 aromatic heterocycles. The molecule has 0 saturated heterocycles. The third-order valence-electron chi connectivity index (χ3n) is 4.88. The fourth-order valence-corrected chi connectivity index (χ4v) is 4.92. The van der Waals surface area contributed by atoms with Crippen molar-refractivity contribution in [1.82, 2.24) is 0 Å². The number of rotatable bonds is 8. The summed E-state index contributed by atoms with van der Waals surface area (Å²) in [5.41, 5.74) is 1.78. The van der Waals surface area contributed by atoms with Gasteiger partial charge in [-0.15, -0.1) is 0 Å². The highest BCUT2D eigenvalue weighted by Crippen LogP contribution is 2.35. The smallest absolute Gasteiger partial charge is 0.264 e. The van der Waals surface area contributed by atoms with Crippen LogP contribution in [0.25, 0.3) is 0 Å². The molecule has 1 N–H and O–H groups in total. The van der Waals surface area contributed by atoms with Gasteiger partial charge in [-0.05, 0) is 47.9 Å². The Kier molecular flexibility index (Phi) is 7.43. The molecule has 0 atom stereocenters. The van der Waals surface area contributed by atoms with Gasteiger partial charge in [0.05, 0.1) is 17.7 Å². The van der Waals surface area contributed by atoms with Gasteiger partial charge in [0.25, 0.3) is 10.0 Å². The summed E-state index contributed by atoms with van der Waals surface area (Å²) in [4.78, 5) is 13.1. The number of amides is 1. The standard InChI is InChI=1S/C24H25ClN2O4S/c1-17(2)20-11-7-8-12-21(20)26-24(28)16-27(22-15-18(25)13-14-23(22)31-3)32(29,30)19-9-5-4-6-10-19/h4-15,17H,16H2,1-3H3,(H,26,28). The van der Waals surface area contributed by atoms with Crippen LogP contribution in [0.5, 0.6) is 5.75 Å². The lowest BCUT2D eigenvalue weighted by molar-refractivity contribution is -0.114. The minimum atomic E-state index is -4.08. The Balaban J connectivity index is 2.03. The Morgan fingerprint density at radius 1 is 1.03 bits per heavy atom. The van der Waals surface area contributed by atoms with Crippen LogP contribution in [0, 0.1) is 0 Å². The fourth-order valence-electron chi connectivity index (χ4n) is 3.31. The van der Waals surface area contributed by atoms with Crippen LogP contribution < -0.4 is 14.4 Å². The lowest BCUT2D eigenvalue weighted by Crippen LogP contribution is -2.38. The van der Waals surface area contributed by atoms with Crippen molar-refractivity contribution in [2.75, 3.05) is 23.3 Å².